The summed E-state index contributed by atoms with van der Waals surface area (Å²) >= 11 is 0. The van der Waals surface area contributed by atoms with Crippen LogP contribution in [0.25, 0.3) is 0 Å². The molecule has 0 spiro atoms. The highest BCUT2D eigenvalue weighted by Crippen LogP contribution is 2.28. The van der Waals surface area contributed by atoms with Gasteiger partial charge in [0, 0.05) is 59.3 Å². The van der Waals surface area contributed by atoms with Crippen molar-refractivity contribution in [3.63, 3.8) is 0 Å². The number of hydrogen-bond acceptors (Lipinski definition) is 4. The normalized spacial score (nSPS) is 16.2. The molecule has 0 aromatic heterocycles. The zero-order valence-electron chi connectivity index (χ0n) is 19.1. The van der Waals surface area contributed by atoms with E-state index in [2.05, 4.69) is 38.3 Å². The number of nitrogens with zero attached hydrogens (tertiary/aromatic N) is 4. The highest BCUT2D eigenvalue weighted by molar-refractivity contribution is 5.80. The number of anilines is 1. The van der Waals surface area contributed by atoms with Gasteiger partial charge < -0.3 is 24.8 Å². The van der Waals surface area contributed by atoms with E-state index < -0.39 is 0 Å². The number of rotatable bonds is 6. The highest BCUT2D eigenvalue weighted by atomic mass is 16.5. The number of methoxy groups -OCH3 is 1. The fourth-order valence-electron chi connectivity index (χ4n) is 4.49. The molecule has 2 heterocycles. The molecule has 32 heavy (non-hydrogen) atoms. The average molecular weight is 436 g/mol. The first kappa shape index (κ1) is 22.0. The summed E-state index contributed by atoms with van der Waals surface area (Å²) < 4.78 is 5.51. The van der Waals surface area contributed by atoms with Gasteiger partial charge in [0.15, 0.2) is 5.96 Å². The summed E-state index contributed by atoms with van der Waals surface area (Å²) in [6.45, 7) is 5.82. The van der Waals surface area contributed by atoms with E-state index in [0.717, 1.165) is 69.6 Å². The number of ether oxygens (including phenoxy) is 1. The van der Waals surface area contributed by atoms with E-state index in [9.17, 15) is 4.79 Å². The first-order chi connectivity index (χ1) is 15.7. The van der Waals surface area contributed by atoms with Gasteiger partial charge in [0.25, 0.3) is 0 Å². The van der Waals surface area contributed by atoms with Crippen LogP contribution < -0.4 is 15.0 Å². The van der Waals surface area contributed by atoms with E-state index in [0.29, 0.717) is 6.42 Å². The summed E-state index contributed by atoms with van der Waals surface area (Å²) in [5.74, 6) is 2.04. The van der Waals surface area contributed by atoms with Crippen molar-refractivity contribution >= 4 is 17.6 Å². The molecular weight excluding hydrogens is 402 g/mol. The number of nitrogens with one attached hydrogen (secondary N) is 1. The van der Waals surface area contributed by atoms with E-state index in [1.54, 1.807) is 7.11 Å². The molecule has 7 heteroatoms. The van der Waals surface area contributed by atoms with Gasteiger partial charge in [-0.15, -0.1) is 0 Å². The topological polar surface area (TPSA) is 60.4 Å². The molecule has 0 saturated carbocycles. The van der Waals surface area contributed by atoms with Gasteiger partial charge in [-0.25, -0.2) is 0 Å². The summed E-state index contributed by atoms with van der Waals surface area (Å²) in [5.41, 5.74) is 3.68. The minimum Gasteiger partial charge on any atom is -0.495 e. The number of hydrogen-bond donors (Lipinski definition) is 1. The van der Waals surface area contributed by atoms with Crippen molar-refractivity contribution in [2.24, 2.45) is 4.99 Å². The van der Waals surface area contributed by atoms with Gasteiger partial charge in [-0.3, -0.25) is 9.79 Å². The molecule has 7 nitrogen and oxygen atoms in total. The molecule has 2 aliphatic rings. The number of benzene rings is 2. The average Bonchev–Trinajstić information content (AvgIpc) is 3.29. The molecule has 170 valence electrons. The van der Waals surface area contributed by atoms with Crippen molar-refractivity contribution in [1.82, 2.24) is 15.1 Å². The lowest BCUT2D eigenvalue weighted by atomic mass is 10.1. The maximum atomic E-state index is 12.6. The molecule has 0 aliphatic carbocycles. The predicted octanol–water partition coefficient (Wildman–Crippen LogP) is 2.72. The van der Waals surface area contributed by atoms with E-state index in [1.807, 2.05) is 42.3 Å². The van der Waals surface area contributed by atoms with Crippen LogP contribution in [0.4, 0.5) is 5.69 Å². The Morgan fingerprint density at radius 2 is 1.62 bits per heavy atom. The van der Waals surface area contributed by atoms with Crippen LogP contribution in [0.15, 0.2) is 53.5 Å². The lowest BCUT2D eigenvalue weighted by Gasteiger charge is -2.38. The molecule has 1 amide bonds. The third-order valence-corrected chi connectivity index (χ3v) is 6.26. The van der Waals surface area contributed by atoms with Crippen molar-refractivity contribution in [2.45, 2.75) is 25.9 Å². The van der Waals surface area contributed by atoms with Crippen molar-refractivity contribution in [2.75, 3.05) is 51.8 Å². The summed E-state index contributed by atoms with van der Waals surface area (Å²) in [6, 6.07) is 16.5. The van der Waals surface area contributed by atoms with E-state index >= 15 is 0 Å². The third kappa shape index (κ3) is 4.98. The molecule has 4 rings (SSSR count). The Balaban J connectivity index is 1.19. The first-order valence-corrected chi connectivity index (χ1v) is 11.4. The Labute approximate surface area is 190 Å². The minimum atomic E-state index is 0.225. The number of fused-ring (bicyclic) bond motifs is 1. The molecule has 0 radical (unpaired) electrons. The Morgan fingerprint density at radius 1 is 0.969 bits per heavy atom. The van der Waals surface area contributed by atoms with Crippen LogP contribution in [0.2, 0.25) is 0 Å². The molecule has 2 aromatic rings. The lowest BCUT2D eigenvalue weighted by molar-refractivity contribution is -0.131. The summed E-state index contributed by atoms with van der Waals surface area (Å²) in [4.78, 5) is 23.6. The number of para-hydroxylation sites is 2. The van der Waals surface area contributed by atoms with Crippen LogP contribution >= 0.6 is 0 Å². The second kappa shape index (κ2) is 10.4. The van der Waals surface area contributed by atoms with Gasteiger partial charge in [0.1, 0.15) is 5.75 Å². The SMILES string of the molecule is CN=C(NCCCC(=O)N1Cc2ccccc2C1)N1CCN(c2ccccc2OC)CC1. The van der Waals surface area contributed by atoms with Crippen LogP contribution in [-0.2, 0) is 17.9 Å². The highest BCUT2D eigenvalue weighted by Gasteiger charge is 2.23. The van der Waals surface area contributed by atoms with Crippen molar-refractivity contribution in [3.8, 4) is 5.75 Å². The van der Waals surface area contributed by atoms with Gasteiger partial charge in [0.05, 0.1) is 12.8 Å². The minimum absolute atomic E-state index is 0.225. The zero-order chi connectivity index (χ0) is 22.3. The number of piperazine rings is 1. The van der Waals surface area contributed by atoms with E-state index in [-0.39, 0.29) is 5.91 Å². The quantitative estimate of drug-likeness (QED) is 0.430. The Morgan fingerprint density at radius 3 is 2.28 bits per heavy atom. The molecule has 1 saturated heterocycles. The smallest absolute Gasteiger partial charge is 0.223 e. The Hall–Kier alpha value is -3.22. The second-order valence-electron chi connectivity index (χ2n) is 8.24. The summed E-state index contributed by atoms with van der Waals surface area (Å²) in [5, 5.41) is 3.44. The van der Waals surface area contributed by atoms with E-state index in [1.165, 1.54) is 11.1 Å². The second-order valence-corrected chi connectivity index (χ2v) is 8.24. The van der Waals surface area contributed by atoms with Gasteiger partial charge in [-0.05, 0) is 29.7 Å². The Bertz CT molecular complexity index is 928. The van der Waals surface area contributed by atoms with Crippen LogP contribution in [0.3, 0.4) is 0 Å². The standard InChI is InChI=1S/C25H33N5O2/c1-26-25(29-16-14-28(15-17-29)22-10-5-6-11-23(22)32-2)27-13-7-12-24(31)30-18-20-8-3-4-9-21(20)19-30/h3-6,8-11H,7,12-19H2,1-2H3,(H,26,27). The van der Waals surface area contributed by atoms with Crippen LogP contribution in [0.1, 0.15) is 24.0 Å². The predicted molar refractivity (Wildman–Crippen MR) is 128 cm³/mol. The number of carbonyl (C=O) groups is 1. The van der Waals surface area contributed by atoms with Gasteiger partial charge in [0.2, 0.25) is 5.91 Å². The van der Waals surface area contributed by atoms with Crippen molar-refractivity contribution in [3.05, 3.63) is 59.7 Å². The largest absolute Gasteiger partial charge is 0.495 e. The molecule has 2 aromatic carbocycles. The van der Waals surface area contributed by atoms with Crippen molar-refractivity contribution in [1.29, 1.82) is 0 Å². The van der Waals surface area contributed by atoms with Crippen molar-refractivity contribution < 1.29 is 9.53 Å². The van der Waals surface area contributed by atoms with Gasteiger partial charge in [-0.2, -0.15) is 0 Å². The van der Waals surface area contributed by atoms with E-state index in [4.69, 9.17) is 4.74 Å². The molecule has 2 aliphatic heterocycles. The maximum Gasteiger partial charge on any atom is 0.223 e. The molecular formula is C25H33N5O2. The number of carbonyl (C=O) groups excluding carboxylic acids is 1. The van der Waals surface area contributed by atoms with Crippen LogP contribution in [-0.4, -0.2) is 68.5 Å². The van der Waals surface area contributed by atoms with Crippen LogP contribution in [0, 0.1) is 0 Å². The molecule has 0 atom stereocenters. The Kier molecular flexibility index (Phi) is 7.14. The third-order valence-electron chi connectivity index (χ3n) is 6.26. The summed E-state index contributed by atoms with van der Waals surface area (Å²) in [7, 11) is 3.54. The number of aliphatic imine (C=N–C) groups is 1. The number of amides is 1. The molecule has 1 N–H and O–H groups in total. The van der Waals surface area contributed by atoms with Crippen LogP contribution in [0.5, 0.6) is 5.75 Å². The number of guanidine groups is 1. The first-order valence-electron chi connectivity index (χ1n) is 11.4. The fraction of sp³-hybridized carbons (Fsp3) is 0.440. The maximum absolute atomic E-state index is 12.6. The molecule has 1 fully saturated rings. The zero-order valence-corrected chi connectivity index (χ0v) is 19.1. The molecule has 0 bridgehead atoms. The molecule has 0 unspecified atom stereocenters. The summed E-state index contributed by atoms with van der Waals surface area (Å²) in [6.07, 6.45) is 1.35. The van der Waals surface area contributed by atoms with Gasteiger partial charge >= 0.3 is 0 Å². The monoisotopic (exact) mass is 435 g/mol. The lowest BCUT2D eigenvalue weighted by Crippen LogP contribution is -2.52. The van der Waals surface area contributed by atoms with Gasteiger partial charge in [-0.1, -0.05) is 36.4 Å². The fourth-order valence-corrected chi connectivity index (χ4v) is 4.49.